The highest BCUT2D eigenvalue weighted by molar-refractivity contribution is 5.95. The number of hydrogen-bond donors (Lipinski definition) is 3. The molecule has 0 aliphatic carbocycles. The number of rotatable bonds is 4. The molecule has 0 bridgehead atoms. The lowest BCUT2D eigenvalue weighted by molar-refractivity contribution is 0.0694. The Kier molecular flexibility index (Phi) is 5.34. The second kappa shape index (κ2) is 7.71. The molecule has 3 rings (SSSR count). The van der Waals surface area contributed by atoms with Gasteiger partial charge in [0, 0.05) is 30.9 Å². The Morgan fingerprint density at radius 2 is 1.82 bits per heavy atom. The quantitative estimate of drug-likeness (QED) is 0.760. The van der Waals surface area contributed by atoms with Crippen molar-refractivity contribution in [1.29, 1.82) is 5.26 Å². The number of hydrogen-bond acceptors (Lipinski definition) is 4. The lowest BCUT2D eigenvalue weighted by Gasteiger charge is -2.18. The van der Waals surface area contributed by atoms with Crippen LogP contribution in [0.4, 0.5) is 10.5 Å². The second-order valence-corrected chi connectivity index (χ2v) is 7.45. The van der Waals surface area contributed by atoms with Gasteiger partial charge in [-0.2, -0.15) is 5.26 Å². The normalized spacial score (nSPS) is 12.9. The highest BCUT2D eigenvalue weighted by atomic mass is 16.3. The van der Waals surface area contributed by atoms with Gasteiger partial charge in [0.1, 0.15) is 0 Å². The predicted octanol–water partition coefficient (Wildman–Crippen LogP) is 2.61. The molecule has 7 heteroatoms. The first-order valence-corrected chi connectivity index (χ1v) is 8.94. The summed E-state index contributed by atoms with van der Waals surface area (Å²) in [6, 6.07) is 13.9. The molecule has 28 heavy (non-hydrogen) atoms. The van der Waals surface area contributed by atoms with Crippen molar-refractivity contribution in [1.82, 2.24) is 10.2 Å². The van der Waals surface area contributed by atoms with Gasteiger partial charge in [-0.15, -0.1) is 0 Å². The van der Waals surface area contributed by atoms with E-state index in [2.05, 4.69) is 16.7 Å². The fraction of sp³-hybridized carbons (Fsp3) is 0.286. The summed E-state index contributed by atoms with van der Waals surface area (Å²) in [6.07, 6.45) is 0. The first-order chi connectivity index (χ1) is 13.2. The van der Waals surface area contributed by atoms with Gasteiger partial charge in [0.25, 0.3) is 5.91 Å². The summed E-state index contributed by atoms with van der Waals surface area (Å²) in [6.45, 7) is 4.32. The number of benzene rings is 2. The number of nitrogens with one attached hydrogen (secondary N) is 2. The minimum Gasteiger partial charge on any atom is -0.389 e. The molecule has 3 amide bonds. The van der Waals surface area contributed by atoms with Gasteiger partial charge in [-0.25, -0.2) is 4.79 Å². The number of carbonyl (C=O) groups is 2. The number of urea groups is 1. The van der Waals surface area contributed by atoms with E-state index in [1.54, 1.807) is 49.1 Å². The van der Waals surface area contributed by atoms with E-state index in [-0.39, 0.29) is 18.5 Å². The lowest BCUT2D eigenvalue weighted by Crippen LogP contribution is -2.38. The van der Waals surface area contributed by atoms with E-state index in [4.69, 9.17) is 5.26 Å². The maximum Gasteiger partial charge on any atom is 0.322 e. The number of fused-ring (bicyclic) bond motifs is 1. The van der Waals surface area contributed by atoms with Gasteiger partial charge >= 0.3 is 6.03 Å². The molecule has 1 aliphatic rings. The van der Waals surface area contributed by atoms with Crippen LogP contribution in [0.3, 0.4) is 0 Å². The SMILES string of the molecule is CC(C)(O)CNC(=O)c1ccc(NC(=O)N2Cc3ccc(C#N)cc3C2)cc1. The van der Waals surface area contributed by atoms with Crippen molar-refractivity contribution in [2.24, 2.45) is 0 Å². The maximum absolute atomic E-state index is 12.5. The van der Waals surface area contributed by atoms with Crippen LogP contribution in [0.15, 0.2) is 42.5 Å². The standard InChI is InChI=1S/C21H22N4O3/c1-21(2,28)13-23-19(26)15-5-7-18(8-6-15)24-20(27)25-11-16-4-3-14(10-22)9-17(16)12-25/h3-9,28H,11-13H2,1-2H3,(H,23,26)(H,24,27). The highest BCUT2D eigenvalue weighted by Gasteiger charge is 2.23. The number of anilines is 1. The van der Waals surface area contributed by atoms with Gasteiger partial charge in [-0.1, -0.05) is 6.07 Å². The van der Waals surface area contributed by atoms with Crippen LogP contribution in [0.2, 0.25) is 0 Å². The number of amides is 3. The van der Waals surface area contributed by atoms with E-state index in [1.165, 1.54) is 0 Å². The van der Waals surface area contributed by atoms with Crippen LogP contribution < -0.4 is 10.6 Å². The molecule has 0 spiro atoms. The molecule has 0 saturated carbocycles. The van der Waals surface area contributed by atoms with Crippen molar-refractivity contribution in [3.63, 3.8) is 0 Å². The third-order valence-corrected chi connectivity index (χ3v) is 4.42. The summed E-state index contributed by atoms with van der Waals surface area (Å²) in [4.78, 5) is 26.2. The Bertz CT molecular complexity index is 940. The van der Waals surface area contributed by atoms with Gasteiger partial charge in [-0.3, -0.25) is 4.79 Å². The van der Waals surface area contributed by atoms with Crippen LogP contribution in [0, 0.1) is 11.3 Å². The Morgan fingerprint density at radius 3 is 2.46 bits per heavy atom. The van der Waals surface area contributed by atoms with Crippen LogP contribution in [0.5, 0.6) is 0 Å². The Morgan fingerprint density at radius 1 is 1.14 bits per heavy atom. The van der Waals surface area contributed by atoms with Gasteiger partial charge in [0.2, 0.25) is 0 Å². The van der Waals surface area contributed by atoms with Crippen molar-refractivity contribution in [3.05, 3.63) is 64.7 Å². The van der Waals surface area contributed by atoms with Crippen LogP contribution in [0.1, 0.15) is 40.9 Å². The van der Waals surface area contributed by atoms with Crippen LogP contribution in [-0.2, 0) is 13.1 Å². The zero-order chi connectivity index (χ0) is 20.3. The summed E-state index contributed by atoms with van der Waals surface area (Å²) >= 11 is 0. The van der Waals surface area contributed by atoms with Crippen LogP contribution in [-0.4, -0.2) is 34.1 Å². The first kappa shape index (κ1) is 19.4. The van der Waals surface area contributed by atoms with Crippen LogP contribution in [0.25, 0.3) is 0 Å². The summed E-state index contributed by atoms with van der Waals surface area (Å²) in [5.74, 6) is -0.289. The molecule has 3 N–H and O–H groups in total. The molecule has 0 unspecified atom stereocenters. The van der Waals surface area contributed by atoms with Gasteiger partial charge in [0.15, 0.2) is 0 Å². The molecule has 0 aromatic heterocycles. The van der Waals surface area contributed by atoms with Crippen molar-refractivity contribution < 1.29 is 14.7 Å². The molecule has 1 heterocycles. The molecule has 0 saturated heterocycles. The summed E-state index contributed by atoms with van der Waals surface area (Å²) in [7, 11) is 0. The predicted molar refractivity (Wildman–Crippen MR) is 104 cm³/mol. The Balaban J connectivity index is 1.58. The fourth-order valence-electron chi connectivity index (χ4n) is 2.91. The third-order valence-electron chi connectivity index (χ3n) is 4.42. The topological polar surface area (TPSA) is 105 Å². The minimum atomic E-state index is -0.981. The van der Waals surface area contributed by atoms with Crippen molar-refractivity contribution >= 4 is 17.6 Å². The molecule has 0 radical (unpaired) electrons. The monoisotopic (exact) mass is 378 g/mol. The fourth-order valence-corrected chi connectivity index (χ4v) is 2.91. The van der Waals surface area contributed by atoms with Crippen LogP contribution >= 0.6 is 0 Å². The van der Waals surface area contributed by atoms with E-state index in [1.807, 2.05) is 12.1 Å². The first-order valence-electron chi connectivity index (χ1n) is 8.94. The summed E-state index contributed by atoms with van der Waals surface area (Å²) in [5, 5.41) is 24.1. The number of carbonyl (C=O) groups excluding carboxylic acids is 2. The van der Waals surface area contributed by atoms with Gasteiger partial charge < -0.3 is 20.6 Å². The number of nitriles is 1. The van der Waals surface area contributed by atoms with E-state index in [0.717, 1.165) is 11.1 Å². The molecular formula is C21H22N4O3. The average Bonchev–Trinajstić information content (AvgIpc) is 3.09. The summed E-state index contributed by atoms with van der Waals surface area (Å²) < 4.78 is 0. The zero-order valence-corrected chi connectivity index (χ0v) is 15.8. The Hall–Kier alpha value is -3.37. The summed E-state index contributed by atoms with van der Waals surface area (Å²) in [5.41, 5.74) is 2.64. The average molecular weight is 378 g/mol. The molecule has 144 valence electrons. The highest BCUT2D eigenvalue weighted by Crippen LogP contribution is 2.24. The molecule has 1 aliphatic heterocycles. The zero-order valence-electron chi connectivity index (χ0n) is 15.8. The molecule has 7 nitrogen and oxygen atoms in total. The van der Waals surface area contributed by atoms with Crippen molar-refractivity contribution in [2.45, 2.75) is 32.5 Å². The van der Waals surface area contributed by atoms with Gasteiger partial charge in [0.05, 0.1) is 17.2 Å². The van der Waals surface area contributed by atoms with E-state index in [9.17, 15) is 14.7 Å². The van der Waals surface area contributed by atoms with E-state index in [0.29, 0.717) is 29.9 Å². The Labute approximate surface area is 163 Å². The molecule has 2 aromatic rings. The second-order valence-electron chi connectivity index (χ2n) is 7.45. The van der Waals surface area contributed by atoms with E-state index >= 15 is 0 Å². The largest absolute Gasteiger partial charge is 0.389 e. The molecular weight excluding hydrogens is 356 g/mol. The van der Waals surface area contributed by atoms with Crippen molar-refractivity contribution in [2.75, 3.05) is 11.9 Å². The smallest absolute Gasteiger partial charge is 0.322 e. The van der Waals surface area contributed by atoms with E-state index < -0.39 is 5.60 Å². The molecule has 2 aromatic carbocycles. The third kappa shape index (κ3) is 4.67. The number of aliphatic hydroxyl groups is 1. The number of nitrogens with zero attached hydrogens (tertiary/aromatic N) is 2. The minimum absolute atomic E-state index is 0.146. The maximum atomic E-state index is 12.5. The molecule has 0 fully saturated rings. The molecule has 0 atom stereocenters. The lowest BCUT2D eigenvalue weighted by atomic mass is 10.1. The van der Waals surface area contributed by atoms with Gasteiger partial charge in [-0.05, 0) is 61.4 Å². The van der Waals surface area contributed by atoms with Crippen molar-refractivity contribution in [3.8, 4) is 6.07 Å².